The van der Waals surface area contributed by atoms with E-state index in [2.05, 4.69) is 5.32 Å². The van der Waals surface area contributed by atoms with Crippen LogP contribution < -0.4 is 5.32 Å². The van der Waals surface area contributed by atoms with E-state index in [1.54, 1.807) is 12.1 Å². The molecule has 2 aromatic carbocycles. The summed E-state index contributed by atoms with van der Waals surface area (Å²) in [4.78, 5) is 24.1. The maximum atomic E-state index is 12.1. The maximum Gasteiger partial charge on any atom is 0.338 e. The summed E-state index contributed by atoms with van der Waals surface area (Å²) in [6.45, 7) is 1.45. The SMILES string of the molecule is C[C@@H](OC(=O)c1ccc(C#N)cc1)C(=O)Nc1ccc(Cl)cc1Cl. The van der Waals surface area contributed by atoms with E-state index >= 15 is 0 Å². The van der Waals surface area contributed by atoms with Crippen LogP contribution in [-0.2, 0) is 9.53 Å². The lowest BCUT2D eigenvalue weighted by molar-refractivity contribution is -0.123. The van der Waals surface area contributed by atoms with Gasteiger partial charge in [0, 0.05) is 5.02 Å². The molecule has 122 valence electrons. The number of rotatable bonds is 4. The number of hydrogen-bond acceptors (Lipinski definition) is 4. The molecule has 2 aromatic rings. The number of hydrogen-bond donors (Lipinski definition) is 1. The van der Waals surface area contributed by atoms with E-state index in [-0.39, 0.29) is 10.6 Å². The van der Waals surface area contributed by atoms with E-state index in [9.17, 15) is 9.59 Å². The zero-order valence-corrected chi connectivity index (χ0v) is 14.1. The molecule has 5 nitrogen and oxygen atoms in total. The van der Waals surface area contributed by atoms with Crippen molar-refractivity contribution in [3.8, 4) is 6.07 Å². The Hall–Kier alpha value is -2.55. The van der Waals surface area contributed by atoms with E-state index in [4.69, 9.17) is 33.2 Å². The van der Waals surface area contributed by atoms with Gasteiger partial charge >= 0.3 is 5.97 Å². The van der Waals surface area contributed by atoms with Gasteiger partial charge in [-0.1, -0.05) is 23.2 Å². The first-order valence-corrected chi connectivity index (χ1v) is 7.63. The number of benzene rings is 2. The largest absolute Gasteiger partial charge is 0.449 e. The Bertz CT molecular complexity index is 814. The molecule has 7 heteroatoms. The van der Waals surface area contributed by atoms with Crippen molar-refractivity contribution in [1.82, 2.24) is 0 Å². The van der Waals surface area contributed by atoms with Gasteiger partial charge in [0.15, 0.2) is 6.10 Å². The number of carbonyl (C=O) groups is 2. The summed E-state index contributed by atoms with van der Waals surface area (Å²) in [6, 6.07) is 12.5. The first-order chi connectivity index (χ1) is 11.4. The third-order valence-electron chi connectivity index (χ3n) is 3.09. The lowest BCUT2D eigenvalue weighted by Crippen LogP contribution is -2.30. The molecule has 0 bridgehead atoms. The lowest BCUT2D eigenvalue weighted by atomic mass is 10.1. The van der Waals surface area contributed by atoms with Crippen molar-refractivity contribution in [3.05, 3.63) is 63.6 Å². The third-order valence-corrected chi connectivity index (χ3v) is 3.64. The van der Waals surface area contributed by atoms with E-state index < -0.39 is 18.0 Å². The molecule has 0 aliphatic rings. The Kier molecular flexibility index (Phi) is 5.80. The maximum absolute atomic E-state index is 12.1. The lowest BCUT2D eigenvalue weighted by Gasteiger charge is -2.14. The van der Waals surface area contributed by atoms with E-state index in [0.717, 1.165) is 0 Å². The first kappa shape index (κ1) is 17.8. The summed E-state index contributed by atoms with van der Waals surface area (Å²) in [7, 11) is 0. The Morgan fingerprint density at radius 1 is 1.17 bits per heavy atom. The molecule has 0 saturated heterocycles. The van der Waals surface area contributed by atoms with Crippen LogP contribution in [0.25, 0.3) is 0 Å². The average Bonchev–Trinajstić information content (AvgIpc) is 2.57. The molecule has 0 aliphatic carbocycles. The second kappa shape index (κ2) is 7.82. The highest BCUT2D eigenvalue weighted by Crippen LogP contribution is 2.25. The summed E-state index contributed by atoms with van der Waals surface area (Å²) in [5.74, 6) is -1.19. The smallest absolute Gasteiger partial charge is 0.338 e. The Labute approximate surface area is 148 Å². The van der Waals surface area contributed by atoms with Crippen molar-refractivity contribution in [2.45, 2.75) is 13.0 Å². The van der Waals surface area contributed by atoms with Crippen LogP contribution in [0.3, 0.4) is 0 Å². The van der Waals surface area contributed by atoms with Gasteiger partial charge < -0.3 is 10.1 Å². The van der Waals surface area contributed by atoms with Gasteiger partial charge in [-0.05, 0) is 49.4 Å². The summed E-state index contributed by atoms with van der Waals surface area (Å²) < 4.78 is 5.10. The van der Waals surface area contributed by atoms with E-state index in [1.807, 2.05) is 6.07 Å². The molecular weight excluding hydrogens is 351 g/mol. The van der Waals surface area contributed by atoms with Gasteiger partial charge in [0.25, 0.3) is 5.91 Å². The Morgan fingerprint density at radius 3 is 2.42 bits per heavy atom. The molecule has 24 heavy (non-hydrogen) atoms. The van der Waals surface area contributed by atoms with Gasteiger partial charge in [-0.25, -0.2) is 4.79 Å². The number of amides is 1. The van der Waals surface area contributed by atoms with E-state index in [0.29, 0.717) is 16.3 Å². The molecule has 0 aromatic heterocycles. The molecule has 1 N–H and O–H groups in total. The fraction of sp³-hybridized carbons (Fsp3) is 0.118. The highest BCUT2D eigenvalue weighted by molar-refractivity contribution is 6.36. The highest BCUT2D eigenvalue weighted by Gasteiger charge is 2.19. The van der Waals surface area contributed by atoms with Crippen molar-refractivity contribution in [1.29, 1.82) is 5.26 Å². The fourth-order valence-electron chi connectivity index (χ4n) is 1.79. The fourth-order valence-corrected chi connectivity index (χ4v) is 2.24. The standard InChI is InChI=1S/C17H12Cl2N2O3/c1-10(16(22)21-15-7-6-13(18)8-14(15)19)24-17(23)12-4-2-11(9-20)3-5-12/h2-8,10H,1H3,(H,21,22)/t10-/m1/s1. The number of carbonyl (C=O) groups excluding carboxylic acids is 2. The van der Waals surface area contributed by atoms with Crippen molar-refractivity contribution in [3.63, 3.8) is 0 Å². The number of nitrogens with zero attached hydrogens (tertiary/aromatic N) is 1. The van der Waals surface area contributed by atoms with Gasteiger partial charge in [-0.15, -0.1) is 0 Å². The third kappa shape index (κ3) is 4.48. The van der Waals surface area contributed by atoms with Gasteiger partial charge in [-0.3, -0.25) is 4.79 Å². The zero-order chi connectivity index (χ0) is 17.7. The Balaban J connectivity index is 2.00. The number of ether oxygens (including phenoxy) is 1. The molecule has 1 atom stereocenters. The van der Waals surface area contributed by atoms with Gasteiger partial charge in [0.05, 0.1) is 27.9 Å². The van der Waals surface area contributed by atoms with Gasteiger partial charge in [0.1, 0.15) is 0 Å². The molecular formula is C17H12Cl2N2O3. The molecule has 0 aliphatic heterocycles. The normalized spacial score (nSPS) is 11.2. The van der Waals surface area contributed by atoms with Gasteiger partial charge in [-0.2, -0.15) is 5.26 Å². The summed E-state index contributed by atoms with van der Waals surface area (Å²) >= 11 is 11.8. The van der Waals surface area contributed by atoms with E-state index in [1.165, 1.54) is 37.3 Å². The minimum Gasteiger partial charge on any atom is -0.449 e. The van der Waals surface area contributed by atoms with Crippen LogP contribution in [0.5, 0.6) is 0 Å². The van der Waals surface area contributed by atoms with Crippen LogP contribution in [0, 0.1) is 11.3 Å². The minimum atomic E-state index is -1.03. The van der Waals surface area contributed by atoms with Crippen molar-refractivity contribution in [2.75, 3.05) is 5.32 Å². The molecule has 0 fully saturated rings. The quantitative estimate of drug-likeness (QED) is 0.832. The predicted molar refractivity (Wildman–Crippen MR) is 91.1 cm³/mol. The molecule has 0 heterocycles. The van der Waals surface area contributed by atoms with Crippen LogP contribution in [0.2, 0.25) is 10.0 Å². The molecule has 2 rings (SSSR count). The molecule has 0 radical (unpaired) electrons. The minimum absolute atomic E-state index is 0.248. The highest BCUT2D eigenvalue weighted by atomic mass is 35.5. The van der Waals surface area contributed by atoms with Crippen molar-refractivity contribution in [2.24, 2.45) is 0 Å². The first-order valence-electron chi connectivity index (χ1n) is 6.88. The average molecular weight is 363 g/mol. The number of nitrogens with one attached hydrogen (secondary N) is 1. The summed E-state index contributed by atoms with van der Waals surface area (Å²) in [5.41, 5.74) is 1.04. The molecule has 0 spiro atoms. The van der Waals surface area contributed by atoms with Crippen LogP contribution in [0.15, 0.2) is 42.5 Å². The Morgan fingerprint density at radius 2 is 1.83 bits per heavy atom. The van der Waals surface area contributed by atoms with Crippen LogP contribution in [0.1, 0.15) is 22.8 Å². The summed E-state index contributed by atoms with van der Waals surface area (Å²) in [5, 5.41) is 12.0. The van der Waals surface area contributed by atoms with Crippen molar-refractivity contribution >= 4 is 40.8 Å². The molecule has 0 unspecified atom stereocenters. The monoisotopic (exact) mass is 362 g/mol. The predicted octanol–water partition coefficient (Wildman–Crippen LogP) is 4.05. The van der Waals surface area contributed by atoms with Crippen LogP contribution in [-0.4, -0.2) is 18.0 Å². The zero-order valence-electron chi connectivity index (χ0n) is 12.5. The topological polar surface area (TPSA) is 79.2 Å². The summed E-state index contributed by atoms with van der Waals surface area (Å²) in [6.07, 6.45) is -1.03. The van der Waals surface area contributed by atoms with Crippen LogP contribution >= 0.6 is 23.2 Å². The number of esters is 1. The van der Waals surface area contributed by atoms with Crippen molar-refractivity contribution < 1.29 is 14.3 Å². The number of halogens is 2. The molecule has 1 amide bonds. The molecule has 0 saturated carbocycles. The second-order valence-electron chi connectivity index (χ2n) is 4.85. The number of nitriles is 1. The second-order valence-corrected chi connectivity index (χ2v) is 5.69. The number of anilines is 1. The van der Waals surface area contributed by atoms with Gasteiger partial charge in [0.2, 0.25) is 0 Å². The van der Waals surface area contributed by atoms with Crippen LogP contribution in [0.4, 0.5) is 5.69 Å².